The highest BCUT2D eigenvalue weighted by Gasteiger charge is 2.19. The molecule has 0 fully saturated rings. The number of benzene rings is 3. The molecule has 0 radical (unpaired) electrons. The van der Waals surface area contributed by atoms with E-state index in [0.717, 1.165) is 0 Å². The third-order valence-electron chi connectivity index (χ3n) is 4.86. The first-order valence-electron chi connectivity index (χ1n) is 9.70. The fourth-order valence-electron chi connectivity index (χ4n) is 3.16. The number of hydrogen-bond donors (Lipinski definition) is 3. The van der Waals surface area contributed by atoms with Gasteiger partial charge in [0.2, 0.25) is 0 Å². The third-order valence-corrected chi connectivity index (χ3v) is 4.86. The van der Waals surface area contributed by atoms with Crippen molar-refractivity contribution in [1.29, 1.82) is 0 Å². The summed E-state index contributed by atoms with van der Waals surface area (Å²) in [5.74, 6) is -0.874. The predicted octanol–water partition coefficient (Wildman–Crippen LogP) is 4.12. The van der Waals surface area contributed by atoms with Crippen molar-refractivity contribution in [1.82, 2.24) is 4.98 Å². The van der Waals surface area contributed by atoms with Crippen molar-refractivity contribution in [3.63, 3.8) is 0 Å². The van der Waals surface area contributed by atoms with E-state index in [4.69, 9.17) is 4.74 Å². The summed E-state index contributed by atoms with van der Waals surface area (Å²) < 4.78 is 5.34. The van der Waals surface area contributed by atoms with E-state index in [1.54, 1.807) is 43.4 Å². The number of aromatic hydroxyl groups is 1. The summed E-state index contributed by atoms with van der Waals surface area (Å²) in [6.45, 7) is 0. The molecular formula is C24H19N3O5. The van der Waals surface area contributed by atoms with Crippen molar-refractivity contribution in [2.24, 2.45) is 0 Å². The summed E-state index contributed by atoms with van der Waals surface area (Å²) in [5.41, 5.74) is 0.384. The molecule has 8 heteroatoms. The number of H-pyrrole nitrogens is 1. The molecule has 0 atom stereocenters. The number of aromatic nitrogens is 1. The number of rotatable bonds is 4. The lowest BCUT2D eigenvalue weighted by Crippen LogP contribution is -2.29. The molecule has 3 N–H and O–H groups in total. The van der Waals surface area contributed by atoms with Crippen LogP contribution in [-0.4, -0.2) is 29.1 Å². The van der Waals surface area contributed by atoms with Gasteiger partial charge in [0, 0.05) is 23.8 Å². The standard InChI is InChI=1S/C24H19N3O5/c1-27(16-7-3-2-4-8-16)24(31)32-17-13-11-15(12-14-17)25-22(29)20-21(28)18-9-5-6-10-19(18)26-23(20)30/h2-14H,1H3,(H,25,29)(H2,26,28,30). The second-order valence-corrected chi connectivity index (χ2v) is 6.96. The number of nitrogens with zero attached hydrogens (tertiary/aromatic N) is 1. The van der Waals surface area contributed by atoms with Crippen LogP contribution in [0.15, 0.2) is 83.7 Å². The molecule has 0 saturated heterocycles. The first-order chi connectivity index (χ1) is 15.4. The molecule has 0 aliphatic heterocycles. The molecule has 4 rings (SSSR count). The molecule has 4 aromatic rings. The van der Waals surface area contributed by atoms with E-state index in [1.165, 1.54) is 29.2 Å². The Morgan fingerprint density at radius 3 is 2.31 bits per heavy atom. The number of ether oxygens (including phenoxy) is 1. The molecule has 3 aromatic carbocycles. The van der Waals surface area contributed by atoms with Gasteiger partial charge in [-0.3, -0.25) is 14.5 Å². The van der Waals surface area contributed by atoms with Crippen molar-refractivity contribution < 1.29 is 19.4 Å². The topological polar surface area (TPSA) is 112 Å². The number of fused-ring (bicyclic) bond motifs is 1. The first kappa shape index (κ1) is 20.7. The van der Waals surface area contributed by atoms with Gasteiger partial charge < -0.3 is 20.1 Å². The van der Waals surface area contributed by atoms with Crippen LogP contribution in [0.1, 0.15) is 10.4 Å². The fraction of sp³-hybridized carbons (Fsp3) is 0.0417. The molecular weight excluding hydrogens is 410 g/mol. The maximum absolute atomic E-state index is 12.6. The second kappa shape index (κ2) is 8.65. The average molecular weight is 429 g/mol. The van der Waals surface area contributed by atoms with Gasteiger partial charge in [-0.15, -0.1) is 0 Å². The summed E-state index contributed by atoms with van der Waals surface area (Å²) in [7, 11) is 1.60. The van der Waals surface area contributed by atoms with Gasteiger partial charge >= 0.3 is 6.09 Å². The molecule has 1 aromatic heterocycles. The van der Waals surface area contributed by atoms with E-state index in [-0.39, 0.29) is 11.3 Å². The Balaban J connectivity index is 1.47. The lowest BCUT2D eigenvalue weighted by atomic mass is 10.1. The van der Waals surface area contributed by atoms with Gasteiger partial charge in [-0.25, -0.2) is 4.79 Å². The molecule has 8 nitrogen and oxygen atoms in total. The second-order valence-electron chi connectivity index (χ2n) is 6.96. The van der Waals surface area contributed by atoms with E-state index in [9.17, 15) is 19.5 Å². The molecule has 2 amide bonds. The number of nitrogens with one attached hydrogen (secondary N) is 2. The van der Waals surface area contributed by atoms with Gasteiger partial charge in [-0.05, 0) is 48.5 Å². The number of para-hydroxylation sites is 2. The molecule has 0 unspecified atom stereocenters. The molecule has 32 heavy (non-hydrogen) atoms. The van der Waals surface area contributed by atoms with Crippen LogP contribution in [0.25, 0.3) is 10.9 Å². The van der Waals surface area contributed by atoms with Crippen LogP contribution in [0.5, 0.6) is 11.5 Å². The summed E-state index contributed by atoms with van der Waals surface area (Å²) in [6.07, 6.45) is -0.569. The molecule has 0 spiro atoms. The van der Waals surface area contributed by atoms with Crippen LogP contribution in [0.3, 0.4) is 0 Å². The zero-order valence-electron chi connectivity index (χ0n) is 17.0. The summed E-state index contributed by atoms with van der Waals surface area (Å²) in [6, 6.07) is 21.7. The van der Waals surface area contributed by atoms with Gasteiger partial charge in [0.15, 0.2) is 0 Å². The molecule has 0 aliphatic rings. The Hall–Kier alpha value is -4.59. The maximum atomic E-state index is 12.6. The monoisotopic (exact) mass is 429 g/mol. The Bertz CT molecular complexity index is 1350. The molecule has 0 aliphatic carbocycles. The fourth-order valence-corrected chi connectivity index (χ4v) is 3.16. The number of aromatic amines is 1. The minimum atomic E-state index is -0.761. The van der Waals surface area contributed by atoms with Gasteiger partial charge in [-0.2, -0.15) is 0 Å². The van der Waals surface area contributed by atoms with Gasteiger partial charge in [0.1, 0.15) is 17.1 Å². The number of hydrogen-bond acceptors (Lipinski definition) is 5. The van der Waals surface area contributed by atoms with E-state index in [1.807, 2.05) is 18.2 Å². The van der Waals surface area contributed by atoms with E-state index in [2.05, 4.69) is 10.3 Å². The van der Waals surface area contributed by atoms with Crippen molar-refractivity contribution in [2.75, 3.05) is 17.3 Å². The van der Waals surface area contributed by atoms with Crippen LogP contribution in [0, 0.1) is 0 Å². The summed E-state index contributed by atoms with van der Waals surface area (Å²) in [4.78, 5) is 41.2. The highest BCUT2D eigenvalue weighted by Crippen LogP contribution is 2.25. The quantitative estimate of drug-likeness (QED) is 0.452. The van der Waals surface area contributed by atoms with Gasteiger partial charge in [0.05, 0.1) is 5.52 Å². The number of pyridine rings is 1. The average Bonchev–Trinajstić information content (AvgIpc) is 2.80. The zero-order chi connectivity index (χ0) is 22.7. The SMILES string of the molecule is CN(C(=O)Oc1ccc(NC(=O)c2c(O)c3ccccc3[nH]c2=O)cc1)c1ccccc1. The van der Waals surface area contributed by atoms with Crippen molar-refractivity contribution >= 4 is 34.3 Å². The van der Waals surface area contributed by atoms with Crippen LogP contribution < -0.4 is 20.5 Å². The molecule has 0 saturated carbocycles. The Morgan fingerprint density at radius 2 is 1.59 bits per heavy atom. The van der Waals surface area contributed by atoms with Crippen LogP contribution in [0.2, 0.25) is 0 Å². The van der Waals surface area contributed by atoms with E-state index in [0.29, 0.717) is 22.3 Å². The van der Waals surface area contributed by atoms with Gasteiger partial charge in [0.25, 0.3) is 11.5 Å². The largest absolute Gasteiger partial charge is 0.506 e. The third kappa shape index (κ3) is 4.15. The smallest absolute Gasteiger partial charge is 0.419 e. The first-order valence-corrected chi connectivity index (χ1v) is 9.70. The van der Waals surface area contributed by atoms with Crippen molar-refractivity contribution in [2.45, 2.75) is 0 Å². The van der Waals surface area contributed by atoms with Crippen molar-refractivity contribution in [3.8, 4) is 11.5 Å². The summed E-state index contributed by atoms with van der Waals surface area (Å²) in [5, 5.41) is 13.4. The predicted molar refractivity (Wildman–Crippen MR) is 121 cm³/mol. The highest BCUT2D eigenvalue weighted by atomic mass is 16.6. The lowest BCUT2D eigenvalue weighted by molar-refractivity contribution is 0.102. The number of amides is 2. The number of anilines is 2. The normalized spacial score (nSPS) is 10.5. The van der Waals surface area contributed by atoms with Crippen LogP contribution in [0.4, 0.5) is 16.2 Å². The number of carbonyl (C=O) groups is 2. The minimum Gasteiger partial charge on any atom is -0.506 e. The zero-order valence-corrected chi connectivity index (χ0v) is 17.0. The van der Waals surface area contributed by atoms with E-state index >= 15 is 0 Å². The van der Waals surface area contributed by atoms with Gasteiger partial charge in [-0.1, -0.05) is 30.3 Å². The van der Waals surface area contributed by atoms with Crippen molar-refractivity contribution in [3.05, 3.63) is 94.8 Å². The molecule has 1 heterocycles. The molecule has 0 bridgehead atoms. The summed E-state index contributed by atoms with van der Waals surface area (Å²) >= 11 is 0. The molecule has 160 valence electrons. The number of carbonyl (C=O) groups excluding carboxylic acids is 2. The Kier molecular flexibility index (Phi) is 5.59. The maximum Gasteiger partial charge on any atom is 0.419 e. The Morgan fingerprint density at radius 1 is 0.938 bits per heavy atom. The minimum absolute atomic E-state index is 0.280. The van der Waals surface area contributed by atoms with Crippen LogP contribution >= 0.6 is 0 Å². The van der Waals surface area contributed by atoms with E-state index < -0.39 is 23.3 Å². The lowest BCUT2D eigenvalue weighted by Gasteiger charge is -2.16. The highest BCUT2D eigenvalue weighted by molar-refractivity contribution is 6.08. The van der Waals surface area contributed by atoms with Crippen LogP contribution in [-0.2, 0) is 0 Å². The Labute approximate surface area is 182 Å².